The number of phenolic OH excluding ortho intramolecular Hbond substituents is 1. The predicted octanol–water partition coefficient (Wildman–Crippen LogP) is 14.8. The van der Waals surface area contributed by atoms with Crippen molar-refractivity contribution in [3.05, 3.63) is 253 Å². The fourth-order valence-electron chi connectivity index (χ4n) is 8.81. The van der Waals surface area contributed by atoms with Gasteiger partial charge in [-0.05, 0) is 117 Å². The SMILES string of the molecule is Oc1cccc(-c2ccc(-c3ccccc3-c3cc(CCc4cnc(-c5ccccc5)cc4-c4ccccc4)cc(CCc4cnc(-c5ccccc5)cc4-c4ccccc4)c3)cn2)c1. The highest BCUT2D eigenvalue weighted by Crippen LogP contribution is 2.36. The lowest BCUT2D eigenvalue weighted by molar-refractivity contribution is 0.475. The van der Waals surface area contributed by atoms with Crippen molar-refractivity contribution < 1.29 is 5.11 Å². The molecule has 3 aromatic heterocycles. The topological polar surface area (TPSA) is 58.9 Å². The maximum Gasteiger partial charge on any atom is 0.116 e. The molecule has 0 fully saturated rings. The molecule has 3 heterocycles. The fourth-order valence-corrected chi connectivity index (χ4v) is 8.81. The van der Waals surface area contributed by atoms with E-state index in [9.17, 15) is 5.11 Å². The molecular weight excluding hydrogens is 791 g/mol. The Morgan fingerprint density at radius 3 is 1.20 bits per heavy atom. The molecule has 0 amide bonds. The van der Waals surface area contributed by atoms with E-state index in [1.165, 1.54) is 50.1 Å². The minimum Gasteiger partial charge on any atom is -0.508 e. The number of rotatable bonds is 13. The van der Waals surface area contributed by atoms with Crippen molar-refractivity contribution in [1.82, 2.24) is 15.0 Å². The van der Waals surface area contributed by atoms with Gasteiger partial charge in [0.25, 0.3) is 0 Å². The van der Waals surface area contributed by atoms with Gasteiger partial charge >= 0.3 is 0 Å². The van der Waals surface area contributed by atoms with Crippen molar-refractivity contribution in [2.75, 3.05) is 0 Å². The Morgan fingerprint density at radius 1 is 0.277 bits per heavy atom. The van der Waals surface area contributed by atoms with E-state index >= 15 is 0 Å². The number of hydrogen-bond donors (Lipinski definition) is 1. The number of aromatic nitrogens is 3. The normalized spacial score (nSPS) is 11.1. The number of phenols is 1. The first-order valence-electron chi connectivity index (χ1n) is 22.3. The summed E-state index contributed by atoms with van der Waals surface area (Å²) in [5.41, 5.74) is 20.1. The number of nitrogens with zero attached hydrogens (tertiary/aromatic N) is 3. The van der Waals surface area contributed by atoms with Crippen LogP contribution in [0.4, 0.5) is 0 Å². The third-order valence-electron chi connectivity index (χ3n) is 12.2. The monoisotopic (exact) mass is 837 g/mol. The van der Waals surface area contributed by atoms with Crippen molar-refractivity contribution in [3.8, 4) is 84.0 Å². The van der Waals surface area contributed by atoms with Gasteiger partial charge in [-0.25, -0.2) is 0 Å². The molecule has 0 spiro atoms. The summed E-state index contributed by atoms with van der Waals surface area (Å²) < 4.78 is 0. The molecule has 0 aliphatic rings. The zero-order valence-electron chi connectivity index (χ0n) is 36.1. The molecule has 0 saturated carbocycles. The molecule has 0 bridgehead atoms. The second kappa shape index (κ2) is 19.0. The molecular formula is C61H47N3O. The quantitative estimate of drug-likeness (QED) is 0.126. The van der Waals surface area contributed by atoms with Crippen LogP contribution in [0.15, 0.2) is 231 Å². The van der Waals surface area contributed by atoms with Gasteiger partial charge in [0.05, 0.1) is 17.1 Å². The van der Waals surface area contributed by atoms with E-state index in [1.807, 2.05) is 36.5 Å². The Labute approximate surface area is 381 Å². The zero-order chi connectivity index (χ0) is 43.8. The Morgan fingerprint density at radius 2 is 0.723 bits per heavy atom. The summed E-state index contributed by atoms with van der Waals surface area (Å²) in [5.74, 6) is 0.225. The highest BCUT2D eigenvalue weighted by molar-refractivity contribution is 5.84. The zero-order valence-corrected chi connectivity index (χ0v) is 36.1. The third-order valence-corrected chi connectivity index (χ3v) is 12.2. The Kier molecular flexibility index (Phi) is 12.0. The van der Waals surface area contributed by atoms with E-state index in [2.05, 4.69) is 182 Å². The third kappa shape index (κ3) is 9.44. The lowest BCUT2D eigenvalue weighted by Gasteiger charge is -2.16. The first-order valence-corrected chi connectivity index (χ1v) is 22.3. The molecule has 0 radical (unpaired) electrons. The smallest absolute Gasteiger partial charge is 0.116 e. The minimum absolute atomic E-state index is 0.225. The predicted molar refractivity (Wildman–Crippen MR) is 267 cm³/mol. The van der Waals surface area contributed by atoms with Crippen LogP contribution < -0.4 is 0 Å². The average Bonchev–Trinajstić information content (AvgIpc) is 3.38. The van der Waals surface area contributed by atoms with Crippen molar-refractivity contribution in [1.29, 1.82) is 0 Å². The largest absolute Gasteiger partial charge is 0.508 e. The average molecular weight is 838 g/mol. The van der Waals surface area contributed by atoms with Gasteiger partial charge in [0.2, 0.25) is 0 Å². The molecule has 0 unspecified atom stereocenters. The van der Waals surface area contributed by atoms with Crippen LogP contribution >= 0.6 is 0 Å². The summed E-state index contributed by atoms with van der Waals surface area (Å²) in [7, 11) is 0. The minimum atomic E-state index is 0.225. The maximum atomic E-state index is 10.1. The van der Waals surface area contributed by atoms with E-state index in [1.54, 1.807) is 12.1 Å². The lowest BCUT2D eigenvalue weighted by atomic mass is 9.89. The van der Waals surface area contributed by atoms with E-state index < -0.39 is 0 Å². The maximum absolute atomic E-state index is 10.1. The van der Waals surface area contributed by atoms with E-state index in [0.29, 0.717) is 0 Å². The fraction of sp³-hybridized carbons (Fsp3) is 0.0656. The molecule has 312 valence electrons. The molecule has 7 aromatic carbocycles. The second-order valence-electron chi connectivity index (χ2n) is 16.5. The molecule has 10 aromatic rings. The first-order chi connectivity index (χ1) is 32.1. The van der Waals surface area contributed by atoms with Gasteiger partial charge in [0.1, 0.15) is 5.75 Å². The molecule has 0 aliphatic carbocycles. The van der Waals surface area contributed by atoms with Crippen LogP contribution in [0, 0.1) is 0 Å². The highest BCUT2D eigenvalue weighted by atomic mass is 16.3. The van der Waals surface area contributed by atoms with Gasteiger partial charge in [-0.1, -0.05) is 182 Å². The summed E-state index contributed by atoms with van der Waals surface area (Å²) in [6.45, 7) is 0. The van der Waals surface area contributed by atoms with Gasteiger partial charge in [-0.2, -0.15) is 0 Å². The molecule has 0 aliphatic heterocycles. The Hall–Kier alpha value is -8.21. The summed E-state index contributed by atoms with van der Waals surface area (Å²) >= 11 is 0. The molecule has 10 rings (SSSR count). The van der Waals surface area contributed by atoms with Crippen LogP contribution in [0.3, 0.4) is 0 Å². The number of pyridine rings is 3. The van der Waals surface area contributed by atoms with Crippen LogP contribution in [-0.4, -0.2) is 20.1 Å². The Bertz CT molecular complexity index is 3040. The van der Waals surface area contributed by atoms with Gasteiger partial charge in [0, 0.05) is 40.8 Å². The summed E-state index contributed by atoms with van der Waals surface area (Å²) in [5, 5.41) is 10.1. The molecule has 1 N–H and O–H groups in total. The van der Waals surface area contributed by atoms with E-state index in [4.69, 9.17) is 15.0 Å². The number of hydrogen-bond acceptors (Lipinski definition) is 4. The van der Waals surface area contributed by atoms with Crippen LogP contribution in [0.25, 0.3) is 78.3 Å². The molecule has 0 saturated heterocycles. The van der Waals surface area contributed by atoms with Crippen molar-refractivity contribution in [2.45, 2.75) is 25.7 Å². The highest BCUT2D eigenvalue weighted by Gasteiger charge is 2.15. The summed E-state index contributed by atoms with van der Waals surface area (Å²) in [4.78, 5) is 14.9. The van der Waals surface area contributed by atoms with Crippen molar-refractivity contribution >= 4 is 0 Å². The van der Waals surface area contributed by atoms with E-state index in [0.717, 1.165) is 76.1 Å². The number of aryl methyl sites for hydroxylation is 4. The lowest BCUT2D eigenvalue weighted by Crippen LogP contribution is -2.01. The van der Waals surface area contributed by atoms with Crippen LogP contribution in [-0.2, 0) is 25.7 Å². The Balaban J connectivity index is 1.02. The first kappa shape index (κ1) is 40.8. The van der Waals surface area contributed by atoms with Crippen LogP contribution in [0.2, 0.25) is 0 Å². The molecule has 0 atom stereocenters. The summed E-state index contributed by atoms with van der Waals surface area (Å²) in [6, 6.07) is 73.9. The van der Waals surface area contributed by atoms with Gasteiger partial charge in [-0.3, -0.25) is 15.0 Å². The van der Waals surface area contributed by atoms with Gasteiger partial charge in [-0.15, -0.1) is 0 Å². The number of benzene rings is 7. The molecule has 4 heteroatoms. The van der Waals surface area contributed by atoms with Gasteiger partial charge < -0.3 is 5.11 Å². The van der Waals surface area contributed by atoms with Crippen LogP contribution in [0.5, 0.6) is 5.75 Å². The standard InChI is InChI=1S/C61H47N3O/c65-54-25-15-24-49(37-54)59-33-32-50(40-62-59)55-26-13-14-27-56(55)53-35-43(28-30-51-41-63-60(47-20-9-3-10-21-47)38-57(51)45-16-5-1-6-17-45)34-44(36-53)29-31-52-42-64-61(48-22-11-4-12-23-48)39-58(52)46-18-7-2-8-19-46/h1-27,32-42,65H,28-31H2. The summed E-state index contributed by atoms with van der Waals surface area (Å²) in [6.07, 6.45) is 9.46. The molecule has 65 heavy (non-hydrogen) atoms. The molecule has 4 nitrogen and oxygen atoms in total. The van der Waals surface area contributed by atoms with Crippen molar-refractivity contribution in [2.24, 2.45) is 0 Å². The van der Waals surface area contributed by atoms with Crippen molar-refractivity contribution in [3.63, 3.8) is 0 Å². The van der Waals surface area contributed by atoms with Crippen LogP contribution in [0.1, 0.15) is 22.3 Å². The number of aromatic hydroxyl groups is 1. The van der Waals surface area contributed by atoms with Gasteiger partial charge in [0.15, 0.2) is 0 Å². The van der Waals surface area contributed by atoms with E-state index in [-0.39, 0.29) is 5.75 Å². The second-order valence-corrected chi connectivity index (χ2v) is 16.5.